The van der Waals surface area contributed by atoms with E-state index in [2.05, 4.69) is 24.8 Å². The number of carbonyl (C=O) groups is 1. The molecule has 0 atom stereocenters. The molecule has 10 nitrogen and oxygen atoms in total. The number of hydrogen-bond donors (Lipinski definition) is 1. The molecular formula is C20H34N8O2. The lowest BCUT2D eigenvalue weighted by molar-refractivity contribution is 0.0186. The molecule has 2 fully saturated rings. The smallest absolute Gasteiger partial charge is 0.410 e. The summed E-state index contributed by atoms with van der Waals surface area (Å²) in [5, 5.41) is 0. The number of carbonyl (C=O) groups excluding carboxylic acids is 1. The van der Waals surface area contributed by atoms with Crippen molar-refractivity contribution in [3.05, 3.63) is 18.5 Å². The molecule has 0 radical (unpaired) electrons. The lowest BCUT2D eigenvalue weighted by atomic mass is 10.2. The Morgan fingerprint density at radius 1 is 1.03 bits per heavy atom. The molecule has 0 aromatic carbocycles. The third-order valence-corrected chi connectivity index (χ3v) is 5.15. The van der Waals surface area contributed by atoms with Gasteiger partial charge in [0.05, 0.1) is 6.54 Å². The van der Waals surface area contributed by atoms with Crippen molar-refractivity contribution in [2.75, 3.05) is 70.3 Å². The summed E-state index contributed by atoms with van der Waals surface area (Å²) in [6.07, 6.45) is 3.29. The SMILES string of the molecule is CC(C)(C)OC(=O)N1CCN(C(N)=NCCN2CCN(c3ncccn3)CC2)CC1. The Morgan fingerprint density at radius 2 is 1.63 bits per heavy atom. The van der Waals surface area contributed by atoms with Gasteiger partial charge in [0.25, 0.3) is 0 Å². The van der Waals surface area contributed by atoms with E-state index >= 15 is 0 Å². The first-order valence-corrected chi connectivity index (χ1v) is 10.6. The summed E-state index contributed by atoms with van der Waals surface area (Å²) in [5.41, 5.74) is 5.71. The number of guanidine groups is 1. The largest absolute Gasteiger partial charge is 0.444 e. The minimum Gasteiger partial charge on any atom is -0.444 e. The fourth-order valence-electron chi connectivity index (χ4n) is 3.48. The highest BCUT2D eigenvalue weighted by atomic mass is 16.6. The minimum absolute atomic E-state index is 0.266. The Morgan fingerprint density at radius 3 is 2.23 bits per heavy atom. The van der Waals surface area contributed by atoms with Gasteiger partial charge in [0.15, 0.2) is 5.96 Å². The van der Waals surface area contributed by atoms with Gasteiger partial charge < -0.3 is 25.2 Å². The fourth-order valence-corrected chi connectivity index (χ4v) is 3.48. The maximum absolute atomic E-state index is 12.2. The quantitative estimate of drug-likeness (QED) is 0.556. The van der Waals surface area contributed by atoms with Crippen molar-refractivity contribution in [2.24, 2.45) is 10.7 Å². The maximum atomic E-state index is 12.2. The third kappa shape index (κ3) is 6.45. The van der Waals surface area contributed by atoms with Gasteiger partial charge in [-0.1, -0.05) is 0 Å². The molecule has 3 rings (SSSR count). The second-order valence-electron chi connectivity index (χ2n) is 8.57. The monoisotopic (exact) mass is 418 g/mol. The fraction of sp³-hybridized carbons (Fsp3) is 0.700. The Labute approximate surface area is 178 Å². The molecule has 2 aliphatic heterocycles. The average Bonchev–Trinajstić information content (AvgIpc) is 2.74. The number of aliphatic imine (C=N–C) groups is 1. The Hall–Kier alpha value is -2.62. The molecule has 0 saturated carbocycles. The molecule has 1 amide bonds. The van der Waals surface area contributed by atoms with E-state index in [-0.39, 0.29) is 6.09 Å². The van der Waals surface area contributed by atoms with Crippen LogP contribution in [0.25, 0.3) is 0 Å². The van der Waals surface area contributed by atoms with Crippen molar-refractivity contribution in [3.8, 4) is 0 Å². The Balaban J connectivity index is 1.36. The summed E-state index contributed by atoms with van der Waals surface area (Å²) in [4.78, 5) is 33.7. The van der Waals surface area contributed by atoms with Crippen LogP contribution in [0.2, 0.25) is 0 Å². The second kappa shape index (κ2) is 9.92. The van der Waals surface area contributed by atoms with Crippen molar-refractivity contribution < 1.29 is 9.53 Å². The highest BCUT2D eigenvalue weighted by Crippen LogP contribution is 2.12. The van der Waals surface area contributed by atoms with E-state index in [0.717, 1.165) is 38.7 Å². The summed E-state index contributed by atoms with van der Waals surface area (Å²) < 4.78 is 5.43. The van der Waals surface area contributed by atoms with Gasteiger partial charge in [0.2, 0.25) is 5.95 Å². The summed E-state index contributed by atoms with van der Waals surface area (Å²) in [6.45, 7) is 13.4. The molecular weight excluding hydrogens is 384 g/mol. The molecule has 0 unspecified atom stereocenters. The third-order valence-electron chi connectivity index (χ3n) is 5.15. The zero-order valence-corrected chi connectivity index (χ0v) is 18.3. The first-order chi connectivity index (χ1) is 14.3. The number of hydrogen-bond acceptors (Lipinski definition) is 7. The molecule has 10 heteroatoms. The van der Waals surface area contributed by atoms with E-state index in [9.17, 15) is 4.79 Å². The van der Waals surface area contributed by atoms with Crippen LogP contribution in [-0.2, 0) is 4.74 Å². The normalized spacial score (nSPS) is 19.2. The Bertz CT molecular complexity index is 705. The zero-order valence-electron chi connectivity index (χ0n) is 18.3. The number of nitrogens with zero attached hydrogens (tertiary/aromatic N) is 7. The van der Waals surface area contributed by atoms with Crippen LogP contribution < -0.4 is 10.6 Å². The molecule has 2 aliphatic rings. The van der Waals surface area contributed by atoms with Crippen molar-refractivity contribution in [2.45, 2.75) is 26.4 Å². The summed E-state index contributed by atoms with van der Waals surface area (Å²) in [5.74, 6) is 1.35. The second-order valence-corrected chi connectivity index (χ2v) is 8.57. The average molecular weight is 419 g/mol. The molecule has 166 valence electrons. The van der Waals surface area contributed by atoms with Gasteiger partial charge in [-0.3, -0.25) is 9.89 Å². The van der Waals surface area contributed by atoms with Gasteiger partial charge >= 0.3 is 6.09 Å². The minimum atomic E-state index is -0.478. The molecule has 2 N–H and O–H groups in total. The lowest BCUT2D eigenvalue weighted by Gasteiger charge is -2.36. The number of aromatic nitrogens is 2. The number of piperazine rings is 2. The molecule has 0 spiro atoms. The van der Waals surface area contributed by atoms with E-state index in [1.807, 2.05) is 31.7 Å². The van der Waals surface area contributed by atoms with Crippen molar-refractivity contribution in [1.82, 2.24) is 24.7 Å². The van der Waals surface area contributed by atoms with Gasteiger partial charge in [0.1, 0.15) is 5.60 Å². The van der Waals surface area contributed by atoms with Crippen molar-refractivity contribution in [3.63, 3.8) is 0 Å². The van der Waals surface area contributed by atoms with Gasteiger partial charge in [-0.25, -0.2) is 14.8 Å². The number of ether oxygens (including phenoxy) is 1. The van der Waals surface area contributed by atoms with Gasteiger partial charge in [-0.05, 0) is 26.8 Å². The molecule has 1 aromatic rings. The first-order valence-electron chi connectivity index (χ1n) is 10.6. The first kappa shape index (κ1) is 22.1. The van der Waals surface area contributed by atoms with Crippen LogP contribution in [0.5, 0.6) is 0 Å². The molecule has 0 aliphatic carbocycles. The van der Waals surface area contributed by atoms with Crippen molar-refractivity contribution >= 4 is 18.0 Å². The molecule has 2 saturated heterocycles. The van der Waals surface area contributed by atoms with Crippen LogP contribution in [0.4, 0.5) is 10.7 Å². The topological polar surface area (TPSA) is 103 Å². The van der Waals surface area contributed by atoms with E-state index in [0.29, 0.717) is 38.7 Å². The van der Waals surface area contributed by atoms with Crippen LogP contribution in [0.3, 0.4) is 0 Å². The number of rotatable bonds is 4. The highest BCUT2D eigenvalue weighted by Gasteiger charge is 2.26. The van der Waals surface area contributed by atoms with Crippen LogP contribution in [0, 0.1) is 0 Å². The van der Waals surface area contributed by atoms with Crippen LogP contribution in [0.1, 0.15) is 20.8 Å². The van der Waals surface area contributed by atoms with E-state index in [1.165, 1.54) is 0 Å². The summed E-state index contributed by atoms with van der Waals surface area (Å²) in [7, 11) is 0. The molecule has 0 bridgehead atoms. The standard InChI is InChI=1S/C20H34N8O2/c1-20(2,3)30-19(29)28-15-13-26(14-16-28)17(21)22-7-8-25-9-11-27(12-10-25)18-23-5-4-6-24-18/h4-6H,7-16H2,1-3H3,(H2,21,22). The van der Waals surface area contributed by atoms with Crippen LogP contribution in [0.15, 0.2) is 23.5 Å². The Kier molecular flexibility index (Phi) is 7.30. The predicted octanol–water partition coefficient (Wildman–Crippen LogP) is 0.466. The molecule has 1 aromatic heterocycles. The van der Waals surface area contributed by atoms with Crippen LogP contribution >= 0.6 is 0 Å². The number of amides is 1. The lowest BCUT2D eigenvalue weighted by Crippen LogP contribution is -2.53. The zero-order chi connectivity index (χ0) is 21.6. The molecule has 30 heavy (non-hydrogen) atoms. The van der Waals surface area contributed by atoms with E-state index < -0.39 is 5.60 Å². The van der Waals surface area contributed by atoms with Gasteiger partial charge in [-0.2, -0.15) is 0 Å². The number of anilines is 1. The summed E-state index contributed by atoms with van der Waals surface area (Å²) in [6, 6.07) is 1.83. The van der Waals surface area contributed by atoms with Crippen LogP contribution in [-0.4, -0.2) is 108 Å². The number of nitrogens with two attached hydrogens (primary N) is 1. The maximum Gasteiger partial charge on any atom is 0.410 e. The predicted molar refractivity (Wildman–Crippen MR) is 117 cm³/mol. The molecule has 3 heterocycles. The highest BCUT2D eigenvalue weighted by molar-refractivity contribution is 5.78. The van der Waals surface area contributed by atoms with Gasteiger partial charge in [-0.15, -0.1) is 0 Å². The van der Waals surface area contributed by atoms with Gasteiger partial charge in [0, 0.05) is 71.3 Å². The summed E-state index contributed by atoms with van der Waals surface area (Å²) >= 11 is 0. The van der Waals surface area contributed by atoms with Crippen molar-refractivity contribution in [1.29, 1.82) is 0 Å². The van der Waals surface area contributed by atoms with E-state index in [1.54, 1.807) is 17.3 Å². The van der Waals surface area contributed by atoms with E-state index in [4.69, 9.17) is 10.5 Å².